The molecule has 2 N–H and O–H groups in total. The second-order valence-corrected chi connectivity index (χ2v) is 6.34. The molecule has 8 heteroatoms. The Morgan fingerprint density at radius 2 is 1.96 bits per heavy atom. The molecule has 2 aromatic rings. The first-order chi connectivity index (χ1) is 12.1. The molecule has 0 saturated heterocycles. The van der Waals surface area contributed by atoms with Crippen LogP contribution in [0, 0.1) is 0 Å². The first kappa shape index (κ1) is 17.4. The van der Waals surface area contributed by atoms with Crippen LogP contribution in [0.1, 0.15) is 41.3 Å². The first-order valence-electron chi connectivity index (χ1n) is 8.35. The van der Waals surface area contributed by atoms with Crippen LogP contribution in [0.15, 0.2) is 24.3 Å². The van der Waals surface area contributed by atoms with Crippen molar-refractivity contribution < 1.29 is 9.59 Å². The number of aryl methyl sites for hydroxylation is 1. The maximum atomic E-state index is 12.0. The molecule has 0 bridgehead atoms. The van der Waals surface area contributed by atoms with Crippen LogP contribution in [0.25, 0.3) is 0 Å². The molecule has 0 spiro atoms. The number of rotatable bonds is 5. The number of nitrogens with zero attached hydrogens (tertiary/aromatic N) is 3. The largest absolute Gasteiger partial charge is 0.347 e. The van der Waals surface area contributed by atoms with Crippen molar-refractivity contribution in [2.75, 3.05) is 6.54 Å². The topological polar surface area (TPSA) is 88.9 Å². The number of carbonyl (C=O) groups excluding carboxylic acids is 2. The number of amides is 2. The van der Waals surface area contributed by atoms with Crippen LogP contribution in [-0.4, -0.2) is 33.1 Å². The highest BCUT2D eigenvalue weighted by molar-refractivity contribution is 6.33. The minimum Gasteiger partial charge on any atom is -0.347 e. The number of aromatic nitrogens is 3. The van der Waals surface area contributed by atoms with E-state index in [1.165, 1.54) is 6.42 Å². The van der Waals surface area contributed by atoms with Crippen LogP contribution >= 0.6 is 11.6 Å². The Hall–Kier alpha value is -2.41. The van der Waals surface area contributed by atoms with Crippen molar-refractivity contribution in [1.82, 2.24) is 25.4 Å². The minimum atomic E-state index is -0.378. The van der Waals surface area contributed by atoms with E-state index in [2.05, 4.69) is 25.4 Å². The molecule has 25 heavy (non-hydrogen) atoms. The van der Waals surface area contributed by atoms with Gasteiger partial charge in [-0.05, 0) is 25.0 Å². The van der Waals surface area contributed by atoms with E-state index in [1.807, 2.05) is 0 Å². The number of hydrogen-bond acceptors (Lipinski definition) is 4. The summed E-state index contributed by atoms with van der Waals surface area (Å²) in [5.74, 6) is 1.07. The molecule has 0 aliphatic carbocycles. The fraction of sp³-hybridized carbons (Fsp3) is 0.412. The Kier molecular flexibility index (Phi) is 5.65. The average Bonchev–Trinajstić information content (AvgIpc) is 2.84. The summed E-state index contributed by atoms with van der Waals surface area (Å²) in [7, 11) is 0. The maximum Gasteiger partial charge on any atom is 0.253 e. The first-order valence-corrected chi connectivity index (χ1v) is 8.73. The third-order valence-corrected chi connectivity index (χ3v) is 4.49. The minimum absolute atomic E-state index is 0.120. The Morgan fingerprint density at radius 3 is 2.80 bits per heavy atom. The number of benzene rings is 1. The summed E-state index contributed by atoms with van der Waals surface area (Å²) in [6.07, 6.45) is 4.33. The van der Waals surface area contributed by atoms with E-state index in [1.54, 1.807) is 24.3 Å². The van der Waals surface area contributed by atoms with Crippen LogP contribution in [-0.2, 0) is 24.3 Å². The molecular formula is C17H20ClN5O2. The lowest BCUT2D eigenvalue weighted by molar-refractivity contribution is -0.120. The van der Waals surface area contributed by atoms with Gasteiger partial charge < -0.3 is 15.2 Å². The molecule has 0 unspecified atom stereocenters. The van der Waals surface area contributed by atoms with Crippen LogP contribution in [0.5, 0.6) is 0 Å². The zero-order chi connectivity index (χ0) is 17.6. The summed E-state index contributed by atoms with van der Waals surface area (Å²) < 4.78 is 2.08. The van der Waals surface area contributed by atoms with E-state index in [-0.39, 0.29) is 18.4 Å². The zero-order valence-corrected chi connectivity index (χ0v) is 14.6. The molecule has 1 aliphatic heterocycles. The Morgan fingerprint density at radius 1 is 1.12 bits per heavy atom. The molecule has 1 aromatic heterocycles. The van der Waals surface area contributed by atoms with Crippen molar-refractivity contribution in [3.05, 3.63) is 46.5 Å². The van der Waals surface area contributed by atoms with Crippen LogP contribution in [0.2, 0.25) is 5.02 Å². The Balaban J connectivity index is 1.50. The second-order valence-electron chi connectivity index (χ2n) is 5.93. The van der Waals surface area contributed by atoms with E-state index in [0.29, 0.717) is 17.1 Å². The van der Waals surface area contributed by atoms with Gasteiger partial charge in [0.15, 0.2) is 5.82 Å². The van der Waals surface area contributed by atoms with Crippen LogP contribution in [0.4, 0.5) is 0 Å². The van der Waals surface area contributed by atoms with Crippen molar-refractivity contribution in [2.24, 2.45) is 0 Å². The van der Waals surface area contributed by atoms with Gasteiger partial charge in [0.25, 0.3) is 5.91 Å². The molecule has 2 amide bonds. The normalized spacial score (nSPS) is 13.6. The van der Waals surface area contributed by atoms with Gasteiger partial charge in [0.2, 0.25) is 5.91 Å². The highest BCUT2D eigenvalue weighted by Gasteiger charge is 2.15. The van der Waals surface area contributed by atoms with Crippen molar-refractivity contribution in [3.63, 3.8) is 0 Å². The molecule has 0 atom stereocenters. The zero-order valence-electron chi connectivity index (χ0n) is 13.8. The summed E-state index contributed by atoms with van der Waals surface area (Å²) in [5.41, 5.74) is 0.347. The molecule has 1 aromatic carbocycles. The Labute approximate surface area is 150 Å². The van der Waals surface area contributed by atoms with Gasteiger partial charge in [0.05, 0.1) is 23.7 Å². The van der Waals surface area contributed by atoms with Crippen LogP contribution in [0.3, 0.4) is 0 Å². The van der Waals surface area contributed by atoms with E-state index in [4.69, 9.17) is 11.6 Å². The summed E-state index contributed by atoms with van der Waals surface area (Å²) in [6, 6.07) is 6.71. The lowest BCUT2D eigenvalue weighted by Gasteiger charge is -2.09. The van der Waals surface area contributed by atoms with Crippen LogP contribution < -0.4 is 10.6 Å². The maximum absolute atomic E-state index is 12.0. The number of hydrogen-bond donors (Lipinski definition) is 2. The molecule has 1 aliphatic rings. The van der Waals surface area contributed by atoms with Gasteiger partial charge in [-0.25, -0.2) is 0 Å². The summed E-state index contributed by atoms with van der Waals surface area (Å²) in [5, 5.41) is 14.0. The third kappa shape index (κ3) is 4.36. The lowest BCUT2D eigenvalue weighted by Crippen LogP contribution is -2.37. The van der Waals surface area contributed by atoms with Gasteiger partial charge in [0.1, 0.15) is 5.82 Å². The van der Waals surface area contributed by atoms with Gasteiger partial charge >= 0.3 is 0 Å². The number of carbonyl (C=O) groups is 2. The molecule has 7 nitrogen and oxygen atoms in total. The average molecular weight is 362 g/mol. The molecule has 2 heterocycles. The van der Waals surface area contributed by atoms with Gasteiger partial charge in [-0.2, -0.15) is 0 Å². The predicted molar refractivity (Wildman–Crippen MR) is 93.2 cm³/mol. The van der Waals surface area contributed by atoms with E-state index in [0.717, 1.165) is 37.5 Å². The van der Waals surface area contributed by atoms with Gasteiger partial charge in [-0.15, -0.1) is 10.2 Å². The molecule has 3 rings (SSSR count). The SMILES string of the molecule is O=C(CNC(=O)c1ccccc1Cl)NCc1nnc2n1CCCCC2. The van der Waals surface area contributed by atoms with Gasteiger partial charge in [-0.1, -0.05) is 30.2 Å². The molecule has 0 radical (unpaired) electrons. The third-order valence-electron chi connectivity index (χ3n) is 4.16. The highest BCUT2D eigenvalue weighted by atomic mass is 35.5. The predicted octanol–water partition coefficient (Wildman–Crippen LogP) is 1.70. The summed E-state index contributed by atoms with van der Waals surface area (Å²) in [6.45, 7) is 1.07. The Bertz CT molecular complexity index is 774. The number of nitrogens with one attached hydrogen (secondary N) is 2. The van der Waals surface area contributed by atoms with E-state index in [9.17, 15) is 9.59 Å². The highest BCUT2D eigenvalue weighted by Crippen LogP contribution is 2.15. The van der Waals surface area contributed by atoms with E-state index < -0.39 is 0 Å². The quantitative estimate of drug-likeness (QED) is 0.848. The lowest BCUT2D eigenvalue weighted by atomic mass is 10.2. The monoisotopic (exact) mass is 361 g/mol. The van der Waals surface area contributed by atoms with E-state index >= 15 is 0 Å². The van der Waals surface area contributed by atoms with Crippen molar-refractivity contribution >= 4 is 23.4 Å². The molecule has 132 valence electrons. The standard InChI is InChI=1S/C17H20ClN5O2/c18-13-7-4-3-6-12(13)17(25)20-11-16(24)19-10-15-22-21-14-8-2-1-5-9-23(14)15/h3-4,6-7H,1-2,5,8-11H2,(H,19,24)(H,20,25). The summed E-state index contributed by atoms with van der Waals surface area (Å²) in [4.78, 5) is 24.0. The number of halogens is 1. The molecule has 0 fully saturated rings. The van der Waals surface area contributed by atoms with Crippen molar-refractivity contribution in [2.45, 2.75) is 38.8 Å². The smallest absolute Gasteiger partial charge is 0.253 e. The fourth-order valence-electron chi connectivity index (χ4n) is 2.82. The summed E-state index contributed by atoms with van der Waals surface area (Å²) >= 11 is 5.96. The molecule has 0 saturated carbocycles. The fourth-order valence-corrected chi connectivity index (χ4v) is 3.04. The number of fused-ring (bicyclic) bond motifs is 1. The molecular weight excluding hydrogens is 342 g/mol. The van der Waals surface area contributed by atoms with Crippen molar-refractivity contribution in [3.8, 4) is 0 Å². The van der Waals surface area contributed by atoms with Gasteiger partial charge in [0, 0.05) is 13.0 Å². The van der Waals surface area contributed by atoms with Crippen molar-refractivity contribution in [1.29, 1.82) is 0 Å². The van der Waals surface area contributed by atoms with Gasteiger partial charge in [-0.3, -0.25) is 9.59 Å². The second kappa shape index (κ2) is 8.11.